The van der Waals surface area contributed by atoms with Crippen molar-refractivity contribution in [2.45, 2.75) is 26.8 Å². The van der Waals surface area contributed by atoms with Crippen molar-refractivity contribution < 1.29 is 9.90 Å². The Morgan fingerprint density at radius 2 is 1.86 bits per heavy atom. The Labute approximate surface area is 128 Å². The highest BCUT2D eigenvalue weighted by Crippen LogP contribution is 2.27. The number of carboxylic acids is 1. The Bertz CT molecular complexity index is 838. The molecule has 0 unspecified atom stereocenters. The van der Waals surface area contributed by atoms with E-state index < -0.39 is 5.97 Å². The number of carboxylic acid groups (broad SMARTS) is 1. The van der Waals surface area contributed by atoms with E-state index in [1.165, 1.54) is 11.1 Å². The molecule has 112 valence electrons. The highest BCUT2D eigenvalue weighted by Gasteiger charge is 2.14. The van der Waals surface area contributed by atoms with E-state index in [0.717, 1.165) is 22.4 Å². The summed E-state index contributed by atoms with van der Waals surface area (Å²) in [5.74, 6) is -0.0324. The predicted octanol–water partition coefficient (Wildman–Crippen LogP) is 3.19. The molecule has 3 rings (SSSR count). The van der Waals surface area contributed by atoms with E-state index >= 15 is 0 Å². The number of aliphatic carboxylic acids is 1. The summed E-state index contributed by atoms with van der Waals surface area (Å²) in [5, 5.41) is 9.00. The van der Waals surface area contributed by atoms with Crippen LogP contribution in [0.5, 0.6) is 0 Å². The highest BCUT2D eigenvalue weighted by molar-refractivity contribution is 5.82. The molecule has 5 heteroatoms. The minimum Gasteiger partial charge on any atom is -0.481 e. The molecule has 2 aromatic heterocycles. The molecule has 0 saturated carbocycles. The zero-order valence-corrected chi connectivity index (χ0v) is 12.6. The van der Waals surface area contributed by atoms with Gasteiger partial charge in [-0.1, -0.05) is 0 Å². The monoisotopic (exact) mass is 295 g/mol. The van der Waals surface area contributed by atoms with Gasteiger partial charge in [0.2, 0.25) is 0 Å². The molecular formula is C17H17N3O2. The van der Waals surface area contributed by atoms with Gasteiger partial charge in [0.25, 0.3) is 0 Å². The fourth-order valence-corrected chi connectivity index (χ4v) is 2.54. The van der Waals surface area contributed by atoms with Gasteiger partial charge in [-0.05, 0) is 49.2 Å². The Morgan fingerprint density at radius 1 is 1.18 bits per heavy atom. The number of fused-ring (bicyclic) bond motifs is 1. The number of aryl methyl sites for hydroxylation is 3. The second-order valence-electron chi connectivity index (χ2n) is 5.39. The quantitative estimate of drug-likeness (QED) is 0.802. The van der Waals surface area contributed by atoms with Gasteiger partial charge in [-0.3, -0.25) is 9.78 Å². The normalized spacial score (nSPS) is 11.0. The van der Waals surface area contributed by atoms with Crippen LogP contribution >= 0.6 is 0 Å². The minimum atomic E-state index is -0.814. The number of nitrogens with zero attached hydrogens (tertiary/aromatic N) is 3. The van der Waals surface area contributed by atoms with Crippen LogP contribution in [0.4, 0.5) is 0 Å². The fourth-order valence-electron chi connectivity index (χ4n) is 2.54. The molecule has 1 aromatic carbocycles. The third-order valence-corrected chi connectivity index (χ3v) is 3.85. The van der Waals surface area contributed by atoms with E-state index in [0.29, 0.717) is 6.54 Å². The van der Waals surface area contributed by atoms with Gasteiger partial charge in [0, 0.05) is 24.5 Å². The Hall–Kier alpha value is -2.69. The number of aromatic nitrogens is 3. The molecule has 0 bridgehead atoms. The van der Waals surface area contributed by atoms with Crippen LogP contribution in [0.25, 0.3) is 22.4 Å². The lowest BCUT2D eigenvalue weighted by Crippen LogP contribution is -2.06. The summed E-state index contributed by atoms with van der Waals surface area (Å²) in [6.07, 6.45) is 3.50. The summed E-state index contributed by atoms with van der Waals surface area (Å²) in [7, 11) is 0. The van der Waals surface area contributed by atoms with Crippen LogP contribution in [-0.2, 0) is 11.3 Å². The highest BCUT2D eigenvalue weighted by atomic mass is 16.4. The summed E-state index contributed by atoms with van der Waals surface area (Å²) < 4.78 is 1.98. The van der Waals surface area contributed by atoms with E-state index in [9.17, 15) is 4.79 Å². The van der Waals surface area contributed by atoms with Gasteiger partial charge in [-0.15, -0.1) is 0 Å². The van der Waals surface area contributed by atoms with Crippen LogP contribution in [0.15, 0.2) is 36.7 Å². The zero-order chi connectivity index (χ0) is 15.7. The van der Waals surface area contributed by atoms with Gasteiger partial charge < -0.3 is 9.67 Å². The van der Waals surface area contributed by atoms with Gasteiger partial charge in [-0.25, -0.2) is 4.98 Å². The average Bonchev–Trinajstić information content (AvgIpc) is 2.84. The van der Waals surface area contributed by atoms with Crippen molar-refractivity contribution in [1.82, 2.24) is 14.5 Å². The van der Waals surface area contributed by atoms with Gasteiger partial charge >= 0.3 is 5.97 Å². The topological polar surface area (TPSA) is 68.0 Å². The molecule has 1 N–H and O–H groups in total. The number of imidazole rings is 1. The maximum Gasteiger partial charge on any atom is 0.305 e. The van der Waals surface area contributed by atoms with E-state index in [-0.39, 0.29) is 6.42 Å². The van der Waals surface area contributed by atoms with Gasteiger partial charge in [0.05, 0.1) is 17.5 Å². The van der Waals surface area contributed by atoms with Gasteiger partial charge in [0.15, 0.2) is 0 Å². The Morgan fingerprint density at radius 3 is 2.55 bits per heavy atom. The number of carbonyl (C=O) groups is 1. The molecular weight excluding hydrogens is 278 g/mol. The molecule has 0 aliphatic carbocycles. The van der Waals surface area contributed by atoms with Crippen LogP contribution < -0.4 is 0 Å². The van der Waals surface area contributed by atoms with Gasteiger partial charge in [0.1, 0.15) is 5.82 Å². The SMILES string of the molecule is Cc1cc2nc(-c3ccncc3)n(CCC(=O)O)c2cc1C. The van der Waals surface area contributed by atoms with Gasteiger partial charge in [-0.2, -0.15) is 0 Å². The Kier molecular flexibility index (Phi) is 3.63. The van der Waals surface area contributed by atoms with E-state index in [1.54, 1.807) is 12.4 Å². The summed E-state index contributed by atoms with van der Waals surface area (Å²) in [4.78, 5) is 19.7. The lowest BCUT2D eigenvalue weighted by Gasteiger charge is -2.08. The molecule has 3 aromatic rings. The molecule has 0 aliphatic rings. The summed E-state index contributed by atoms with van der Waals surface area (Å²) in [6, 6.07) is 7.90. The number of benzene rings is 1. The molecule has 0 fully saturated rings. The first-order valence-electron chi connectivity index (χ1n) is 7.16. The first-order valence-corrected chi connectivity index (χ1v) is 7.16. The molecule has 2 heterocycles. The first-order chi connectivity index (χ1) is 10.6. The van der Waals surface area contributed by atoms with Crippen LogP contribution in [0.2, 0.25) is 0 Å². The molecule has 0 radical (unpaired) electrons. The molecule has 5 nitrogen and oxygen atoms in total. The standard InChI is InChI=1S/C17H17N3O2/c1-11-9-14-15(10-12(11)2)20(8-5-16(21)22)17(19-14)13-3-6-18-7-4-13/h3-4,6-7,9-10H,5,8H2,1-2H3,(H,21,22). The largest absolute Gasteiger partial charge is 0.481 e. The van der Waals surface area contributed by atoms with Crippen LogP contribution in [-0.4, -0.2) is 25.6 Å². The maximum absolute atomic E-state index is 11.0. The van der Waals surface area contributed by atoms with Crippen LogP contribution in [0.3, 0.4) is 0 Å². The second kappa shape index (κ2) is 5.60. The number of rotatable bonds is 4. The average molecular weight is 295 g/mol. The lowest BCUT2D eigenvalue weighted by atomic mass is 10.1. The van der Waals surface area contributed by atoms with Crippen molar-refractivity contribution in [3.63, 3.8) is 0 Å². The summed E-state index contributed by atoms with van der Waals surface area (Å²) in [6.45, 7) is 4.50. The Balaban J connectivity index is 2.21. The van der Waals surface area contributed by atoms with Crippen molar-refractivity contribution >= 4 is 17.0 Å². The second-order valence-corrected chi connectivity index (χ2v) is 5.39. The van der Waals surface area contributed by atoms with E-state index in [4.69, 9.17) is 10.1 Å². The molecule has 22 heavy (non-hydrogen) atoms. The molecule has 0 atom stereocenters. The number of hydrogen-bond donors (Lipinski definition) is 1. The van der Waals surface area contributed by atoms with Crippen molar-refractivity contribution in [3.8, 4) is 11.4 Å². The predicted molar refractivity (Wildman–Crippen MR) is 84.7 cm³/mol. The van der Waals surface area contributed by atoms with E-state index in [1.807, 2.05) is 22.8 Å². The minimum absolute atomic E-state index is 0.0659. The molecule has 0 aliphatic heterocycles. The first kappa shape index (κ1) is 14.3. The lowest BCUT2D eigenvalue weighted by molar-refractivity contribution is -0.137. The van der Waals surface area contributed by atoms with Crippen molar-refractivity contribution in [3.05, 3.63) is 47.8 Å². The summed E-state index contributed by atoms with van der Waals surface area (Å²) >= 11 is 0. The number of hydrogen-bond acceptors (Lipinski definition) is 3. The zero-order valence-electron chi connectivity index (χ0n) is 12.6. The van der Waals surface area contributed by atoms with Crippen molar-refractivity contribution in [2.24, 2.45) is 0 Å². The molecule has 0 spiro atoms. The molecule has 0 saturated heterocycles. The number of pyridine rings is 1. The summed E-state index contributed by atoms with van der Waals surface area (Å²) in [5.41, 5.74) is 5.14. The fraction of sp³-hybridized carbons (Fsp3) is 0.235. The van der Waals surface area contributed by atoms with Crippen molar-refractivity contribution in [1.29, 1.82) is 0 Å². The molecule has 0 amide bonds. The van der Waals surface area contributed by atoms with Crippen molar-refractivity contribution in [2.75, 3.05) is 0 Å². The third-order valence-electron chi connectivity index (χ3n) is 3.85. The van der Waals surface area contributed by atoms with E-state index in [2.05, 4.69) is 24.9 Å². The van der Waals surface area contributed by atoms with Crippen LogP contribution in [0.1, 0.15) is 17.5 Å². The maximum atomic E-state index is 11.0. The smallest absolute Gasteiger partial charge is 0.305 e. The van der Waals surface area contributed by atoms with Crippen LogP contribution in [0, 0.1) is 13.8 Å². The third kappa shape index (κ3) is 2.57.